The zero-order chi connectivity index (χ0) is 13.3. The first-order chi connectivity index (χ1) is 9.36. The van der Waals surface area contributed by atoms with E-state index in [1.165, 1.54) is 11.6 Å². The molecule has 0 aliphatic carbocycles. The van der Waals surface area contributed by atoms with E-state index in [0.717, 1.165) is 19.5 Å². The molecule has 0 atom stereocenters. The highest BCUT2D eigenvalue weighted by atomic mass is 32.1. The van der Waals surface area contributed by atoms with Crippen LogP contribution in [0.4, 0.5) is 4.39 Å². The van der Waals surface area contributed by atoms with Crippen molar-refractivity contribution in [1.82, 2.24) is 5.32 Å². The van der Waals surface area contributed by atoms with Gasteiger partial charge in [0.25, 0.3) is 0 Å². The van der Waals surface area contributed by atoms with Crippen LogP contribution in [0.3, 0.4) is 0 Å². The molecular formula is C15H18FNOS. The van der Waals surface area contributed by atoms with Crippen LogP contribution in [0, 0.1) is 5.82 Å². The number of hydrogen-bond donors (Lipinski definition) is 1. The molecule has 0 fully saturated rings. The van der Waals surface area contributed by atoms with Crippen LogP contribution < -0.4 is 5.32 Å². The molecule has 0 aliphatic heterocycles. The van der Waals surface area contributed by atoms with Crippen LogP contribution in [0.2, 0.25) is 0 Å². The molecule has 0 saturated carbocycles. The van der Waals surface area contributed by atoms with Gasteiger partial charge in [0.1, 0.15) is 5.82 Å². The molecular weight excluding hydrogens is 261 g/mol. The van der Waals surface area contributed by atoms with Gasteiger partial charge in [0.15, 0.2) is 0 Å². The van der Waals surface area contributed by atoms with Gasteiger partial charge in [-0.25, -0.2) is 4.39 Å². The van der Waals surface area contributed by atoms with Crippen LogP contribution >= 0.6 is 11.3 Å². The molecule has 102 valence electrons. The van der Waals surface area contributed by atoms with E-state index in [4.69, 9.17) is 4.74 Å². The van der Waals surface area contributed by atoms with Crippen molar-refractivity contribution >= 4 is 11.3 Å². The van der Waals surface area contributed by atoms with E-state index in [2.05, 4.69) is 22.1 Å². The van der Waals surface area contributed by atoms with Gasteiger partial charge in [0.05, 0.1) is 13.2 Å². The maximum Gasteiger partial charge on any atom is 0.128 e. The number of benzene rings is 1. The number of nitrogens with one attached hydrogen (secondary N) is 1. The molecule has 2 aromatic rings. The van der Waals surface area contributed by atoms with E-state index in [1.807, 2.05) is 6.07 Å². The van der Waals surface area contributed by atoms with Gasteiger partial charge in [-0.15, -0.1) is 0 Å². The summed E-state index contributed by atoms with van der Waals surface area (Å²) in [5, 5.41) is 7.56. The van der Waals surface area contributed by atoms with Crippen molar-refractivity contribution in [2.24, 2.45) is 0 Å². The van der Waals surface area contributed by atoms with Gasteiger partial charge in [-0.3, -0.25) is 0 Å². The van der Waals surface area contributed by atoms with Crippen LogP contribution in [0.25, 0.3) is 0 Å². The summed E-state index contributed by atoms with van der Waals surface area (Å²) in [4.78, 5) is 0. The normalized spacial score (nSPS) is 10.8. The average molecular weight is 279 g/mol. The predicted octanol–water partition coefficient (Wildman–Crippen LogP) is 3.24. The molecule has 0 spiro atoms. The molecule has 1 aromatic carbocycles. The van der Waals surface area contributed by atoms with Gasteiger partial charge >= 0.3 is 0 Å². The lowest BCUT2D eigenvalue weighted by atomic mass is 10.2. The zero-order valence-corrected chi connectivity index (χ0v) is 11.6. The van der Waals surface area contributed by atoms with Gasteiger partial charge in [0.2, 0.25) is 0 Å². The van der Waals surface area contributed by atoms with Gasteiger partial charge < -0.3 is 10.1 Å². The third-order valence-corrected chi connectivity index (χ3v) is 3.54. The Kier molecular flexibility index (Phi) is 6.01. The van der Waals surface area contributed by atoms with Crippen molar-refractivity contribution < 1.29 is 9.13 Å². The summed E-state index contributed by atoms with van der Waals surface area (Å²) in [6.45, 7) is 2.66. The molecule has 0 saturated heterocycles. The molecule has 0 unspecified atom stereocenters. The van der Waals surface area contributed by atoms with E-state index in [0.29, 0.717) is 18.8 Å². The number of hydrogen-bond acceptors (Lipinski definition) is 3. The highest BCUT2D eigenvalue weighted by molar-refractivity contribution is 7.07. The summed E-state index contributed by atoms with van der Waals surface area (Å²) in [5.41, 5.74) is 1.98. The van der Waals surface area contributed by atoms with Crippen molar-refractivity contribution in [3.05, 3.63) is 58.0 Å². The Morgan fingerprint density at radius 2 is 2.05 bits per heavy atom. The minimum absolute atomic E-state index is 0.201. The first-order valence-electron chi connectivity index (χ1n) is 6.39. The Hall–Kier alpha value is -1.23. The fourth-order valence-electron chi connectivity index (χ4n) is 1.73. The van der Waals surface area contributed by atoms with Crippen molar-refractivity contribution in [2.75, 3.05) is 19.7 Å². The third kappa shape index (κ3) is 5.11. The van der Waals surface area contributed by atoms with Crippen LogP contribution in [0.15, 0.2) is 41.1 Å². The highest BCUT2D eigenvalue weighted by Gasteiger charge is 1.99. The standard InChI is InChI=1S/C15H18FNOS/c16-15-4-2-1-3-14(15)11-18-9-8-17-7-5-13-6-10-19-12-13/h1-4,6,10,12,17H,5,7-9,11H2. The summed E-state index contributed by atoms with van der Waals surface area (Å²) in [5.74, 6) is -0.201. The Balaban J connectivity index is 1.52. The second-order valence-electron chi connectivity index (χ2n) is 4.28. The molecule has 0 radical (unpaired) electrons. The third-order valence-electron chi connectivity index (χ3n) is 2.81. The lowest BCUT2D eigenvalue weighted by Crippen LogP contribution is -2.22. The van der Waals surface area contributed by atoms with E-state index in [1.54, 1.807) is 23.5 Å². The molecule has 2 nitrogen and oxygen atoms in total. The first-order valence-corrected chi connectivity index (χ1v) is 7.33. The number of rotatable bonds is 8. The number of thiophene rings is 1. The van der Waals surface area contributed by atoms with Crippen LogP contribution in [0.5, 0.6) is 0 Å². The SMILES string of the molecule is Fc1ccccc1COCCNCCc1ccsc1. The minimum atomic E-state index is -0.201. The molecule has 19 heavy (non-hydrogen) atoms. The van der Waals surface area contributed by atoms with Crippen LogP contribution in [-0.4, -0.2) is 19.7 Å². The Labute approximate surface area is 117 Å². The van der Waals surface area contributed by atoms with Crippen molar-refractivity contribution in [3.8, 4) is 0 Å². The fraction of sp³-hybridized carbons (Fsp3) is 0.333. The Bertz CT molecular complexity index is 473. The second kappa shape index (κ2) is 8.04. The summed E-state index contributed by atoms with van der Waals surface area (Å²) in [6.07, 6.45) is 1.04. The smallest absolute Gasteiger partial charge is 0.128 e. The summed E-state index contributed by atoms with van der Waals surface area (Å²) in [6, 6.07) is 8.85. The summed E-state index contributed by atoms with van der Waals surface area (Å²) in [7, 11) is 0. The molecule has 0 bridgehead atoms. The fourth-order valence-corrected chi connectivity index (χ4v) is 2.44. The zero-order valence-electron chi connectivity index (χ0n) is 10.8. The van der Waals surface area contributed by atoms with E-state index in [9.17, 15) is 4.39 Å². The molecule has 1 N–H and O–H groups in total. The molecule has 1 heterocycles. The summed E-state index contributed by atoms with van der Waals surface area (Å²) >= 11 is 1.72. The van der Waals surface area contributed by atoms with E-state index < -0.39 is 0 Å². The summed E-state index contributed by atoms with van der Waals surface area (Å²) < 4.78 is 18.7. The predicted molar refractivity (Wildman–Crippen MR) is 76.9 cm³/mol. The Morgan fingerprint density at radius 3 is 2.84 bits per heavy atom. The maximum atomic E-state index is 13.3. The lowest BCUT2D eigenvalue weighted by Gasteiger charge is -2.06. The van der Waals surface area contributed by atoms with Gasteiger partial charge in [-0.1, -0.05) is 18.2 Å². The molecule has 4 heteroatoms. The quantitative estimate of drug-likeness (QED) is 0.749. The largest absolute Gasteiger partial charge is 0.375 e. The number of halogens is 1. The van der Waals surface area contributed by atoms with E-state index in [-0.39, 0.29) is 5.82 Å². The first kappa shape index (κ1) is 14.2. The monoisotopic (exact) mass is 279 g/mol. The van der Waals surface area contributed by atoms with Crippen molar-refractivity contribution in [3.63, 3.8) is 0 Å². The van der Waals surface area contributed by atoms with Crippen LogP contribution in [0.1, 0.15) is 11.1 Å². The average Bonchev–Trinajstić information content (AvgIpc) is 2.93. The van der Waals surface area contributed by atoms with Gasteiger partial charge in [-0.2, -0.15) is 11.3 Å². The lowest BCUT2D eigenvalue weighted by molar-refractivity contribution is 0.120. The maximum absolute atomic E-state index is 13.3. The van der Waals surface area contributed by atoms with Crippen molar-refractivity contribution in [2.45, 2.75) is 13.0 Å². The molecule has 0 aliphatic rings. The van der Waals surface area contributed by atoms with Gasteiger partial charge in [0, 0.05) is 12.1 Å². The second-order valence-corrected chi connectivity index (χ2v) is 5.06. The van der Waals surface area contributed by atoms with Crippen LogP contribution in [-0.2, 0) is 17.8 Å². The highest BCUT2D eigenvalue weighted by Crippen LogP contribution is 2.07. The van der Waals surface area contributed by atoms with E-state index >= 15 is 0 Å². The number of ether oxygens (including phenoxy) is 1. The molecule has 0 amide bonds. The van der Waals surface area contributed by atoms with Gasteiger partial charge in [-0.05, 0) is 41.4 Å². The minimum Gasteiger partial charge on any atom is -0.375 e. The Morgan fingerprint density at radius 1 is 1.16 bits per heavy atom. The molecule has 2 rings (SSSR count). The topological polar surface area (TPSA) is 21.3 Å². The van der Waals surface area contributed by atoms with Crippen molar-refractivity contribution in [1.29, 1.82) is 0 Å². The molecule has 1 aromatic heterocycles.